The molecule has 1 saturated heterocycles. The van der Waals surface area contributed by atoms with Crippen LogP contribution in [0.3, 0.4) is 0 Å². The molecule has 4 rings (SSSR count). The number of carboxylic acids is 1. The van der Waals surface area contributed by atoms with Gasteiger partial charge in [0.2, 0.25) is 5.91 Å². The smallest absolute Gasteiger partial charge is 0.407 e. The molecule has 2 unspecified atom stereocenters. The molecule has 2 amide bonds. The number of aliphatic carboxylic acids is 1. The van der Waals surface area contributed by atoms with Crippen molar-refractivity contribution >= 4 is 18.0 Å². The van der Waals surface area contributed by atoms with E-state index in [0.717, 1.165) is 22.3 Å². The van der Waals surface area contributed by atoms with Crippen LogP contribution in [0.2, 0.25) is 0 Å². The van der Waals surface area contributed by atoms with Gasteiger partial charge >= 0.3 is 12.1 Å². The minimum atomic E-state index is -0.999. The van der Waals surface area contributed by atoms with Crippen LogP contribution in [0.4, 0.5) is 4.79 Å². The van der Waals surface area contributed by atoms with Gasteiger partial charge in [-0.1, -0.05) is 48.5 Å². The molecule has 2 N–H and O–H groups in total. The second-order valence-electron chi connectivity index (χ2n) is 8.37. The predicted molar refractivity (Wildman–Crippen MR) is 121 cm³/mol. The third kappa shape index (κ3) is 4.43. The zero-order valence-electron chi connectivity index (χ0n) is 18.7. The Bertz CT molecular complexity index is 1010. The molecule has 0 bridgehead atoms. The van der Waals surface area contributed by atoms with Crippen LogP contribution in [0.25, 0.3) is 11.1 Å². The lowest BCUT2D eigenvalue weighted by Crippen LogP contribution is -2.53. The quantitative estimate of drug-likeness (QED) is 0.669. The molecule has 2 aromatic rings. The van der Waals surface area contributed by atoms with Crippen LogP contribution in [0.15, 0.2) is 48.5 Å². The van der Waals surface area contributed by atoms with Gasteiger partial charge in [0, 0.05) is 12.5 Å². The summed E-state index contributed by atoms with van der Waals surface area (Å²) in [5.41, 5.74) is 4.48. The number of nitrogens with one attached hydrogen (secondary N) is 1. The number of hydrogen-bond acceptors (Lipinski definition) is 5. The zero-order valence-corrected chi connectivity index (χ0v) is 18.7. The van der Waals surface area contributed by atoms with Gasteiger partial charge in [0.15, 0.2) is 0 Å². The molecular formula is C25H28N2O6. The Labute approximate surface area is 192 Å². The fourth-order valence-corrected chi connectivity index (χ4v) is 4.77. The van der Waals surface area contributed by atoms with E-state index < -0.39 is 30.1 Å². The van der Waals surface area contributed by atoms with E-state index in [1.807, 2.05) is 36.4 Å². The Balaban J connectivity index is 1.38. The summed E-state index contributed by atoms with van der Waals surface area (Å²) in [6.45, 7) is 4.03. The summed E-state index contributed by atoms with van der Waals surface area (Å²) in [6, 6.07) is 14.7. The van der Waals surface area contributed by atoms with E-state index in [-0.39, 0.29) is 31.6 Å². The van der Waals surface area contributed by atoms with Crippen LogP contribution < -0.4 is 5.32 Å². The number of nitrogens with zero attached hydrogens (tertiary/aromatic N) is 1. The first-order valence-corrected chi connectivity index (χ1v) is 11.1. The van der Waals surface area contributed by atoms with Crippen molar-refractivity contribution in [3.8, 4) is 11.1 Å². The minimum Gasteiger partial charge on any atom is -0.481 e. The Morgan fingerprint density at radius 3 is 2.27 bits per heavy atom. The number of likely N-dealkylation sites (N-methyl/N-ethyl adjacent to an activating group) is 1. The number of hydrogen-bond donors (Lipinski definition) is 2. The Hall–Kier alpha value is -3.39. The molecular weight excluding hydrogens is 424 g/mol. The van der Waals surface area contributed by atoms with Crippen molar-refractivity contribution in [3.05, 3.63) is 59.7 Å². The summed E-state index contributed by atoms with van der Waals surface area (Å²) in [5.74, 6) is -2.22. The number of fused-ring (bicyclic) bond motifs is 3. The van der Waals surface area contributed by atoms with Crippen LogP contribution in [0.1, 0.15) is 30.9 Å². The van der Waals surface area contributed by atoms with Gasteiger partial charge in [-0.2, -0.15) is 0 Å². The fraction of sp³-hybridized carbons (Fsp3) is 0.400. The molecule has 1 aliphatic heterocycles. The Morgan fingerprint density at radius 1 is 1.09 bits per heavy atom. The number of rotatable bonds is 7. The van der Waals surface area contributed by atoms with Gasteiger partial charge in [0.25, 0.3) is 0 Å². The van der Waals surface area contributed by atoms with Gasteiger partial charge < -0.3 is 24.8 Å². The molecule has 0 aromatic heterocycles. The average Bonchev–Trinajstić information content (AvgIpc) is 3.41. The van der Waals surface area contributed by atoms with Crippen molar-refractivity contribution in [2.75, 3.05) is 26.4 Å². The molecule has 0 saturated carbocycles. The number of alkyl carbamates (subject to hydrolysis) is 1. The number of benzene rings is 2. The van der Waals surface area contributed by atoms with Crippen LogP contribution in [-0.4, -0.2) is 66.4 Å². The number of carbonyl (C=O) groups is 3. The monoisotopic (exact) mass is 452 g/mol. The number of carboxylic acid groups (broad SMARTS) is 1. The molecule has 2 aliphatic rings. The molecule has 8 heteroatoms. The largest absolute Gasteiger partial charge is 0.481 e. The number of amides is 2. The first-order valence-electron chi connectivity index (χ1n) is 11.1. The van der Waals surface area contributed by atoms with Crippen molar-refractivity contribution in [1.29, 1.82) is 0 Å². The second kappa shape index (κ2) is 9.62. The van der Waals surface area contributed by atoms with E-state index in [0.29, 0.717) is 6.54 Å². The Morgan fingerprint density at radius 2 is 1.70 bits per heavy atom. The van der Waals surface area contributed by atoms with Gasteiger partial charge in [0.1, 0.15) is 18.6 Å². The fourth-order valence-electron chi connectivity index (χ4n) is 4.77. The van der Waals surface area contributed by atoms with Gasteiger partial charge in [-0.15, -0.1) is 0 Å². The van der Waals surface area contributed by atoms with Gasteiger partial charge in [0.05, 0.1) is 19.3 Å². The van der Waals surface area contributed by atoms with Crippen molar-refractivity contribution < 1.29 is 29.0 Å². The standard InChI is InChI=1S/C25H28N2O6/c1-3-27(22-14-32-12-21(22)24(29)30)23(28)15(2)26-25(31)33-13-20-18-10-6-4-8-16(18)17-9-5-7-11-19(17)20/h4-11,15,20-22H,3,12-14H2,1-2H3,(H,26,31)(H,29,30)/t15-,21?,22?/m1/s1. The van der Waals surface area contributed by atoms with Gasteiger partial charge in [-0.25, -0.2) is 4.79 Å². The molecule has 1 fully saturated rings. The lowest BCUT2D eigenvalue weighted by atomic mass is 9.98. The zero-order chi connectivity index (χ0) is 23.5. The number of carbonyl (C=O) groups excluding carboxylic acids is 2. The molecule has 0 spiro atoms. The van der Waals surface area contributed by atoms with Crippen molar-refractivity contribution in [2.45, 2.75) is 31.8 Å². The van der Waals surface area contributed by atoms with E-state index in [4.69, 9.17) is 9.47 Å². The van der Waals surface area contributed by atoms with E-state index in [2.05, 4.69) is 17.4 Å². The summed E-state index contributed by atoms with van der Waals surface area (Å²) in [6.07, 6.45) is -0.689. The Kier molecular flexibility index (Phi) is 6.65. The maximum Gasteiger partial charge on any atom is 0.407 e. The topological polar surface area (TPSA) is 105 Å². The molecule has 0 radical (unpaired) electrons. The average molecular weight is 453 g/mol. The minimum absolute atomic E-state index is 0.0674. The van der Waals surface area contributed by atoms with Crippen LogP contribution in [-0.2, 0) is 19.1 Å². The molecule has 174 valence electrons. The van der Waals surface area contributed by atoms with Gasteiger partial charge in [-0.3, -0.25) is 9.59 Å². The van der Waals surface area contributed by atoms with Crippen LogP contribution in [0.5, 0.6) is 0 Å². The van der Waals surface area contributed by atoms with Crippen LogP contribution >= 0.6 is 0 Å². The third-order valence-corrected chi connectivity index (χ3v) is 6.44. The summed E-state index contributed by atoms with van der Waals surface area (Å²) >= 11 is 0. The predicted octanol–water partition coefficient (Wildman–Crippen LogP) is 2.86. The summed E-state index contributed by atoms with van der Waals surface area (Å²) in [4.78, 5) is 38.4. The van der Waals surface area contributed by atoms with E-state index in [1.54, 1.807) is 13.8 Å². The third-order valence-electron chi connectivity index (χ3n) is 6.44. The highest BCUT2D eigenvalue weighted by atomic mass is 16.5. The first-order chi connectivity index (χ1) is 15.9. The highest BCUT2D eigenvalue weighted by Crippen LogP contribution is 2.44. The summed E-state index contributed by atoms with van der Waals surface area (Å²) < 4.78 is 10.8. The molecule has 3 atom stereocenters. The molecule has 1 heterocycles. The molecule has 2 aromatic carbocycles. The highest BCUT2D eigenvalue weighted by Gasteiger charge is 2.40. The maximum atomic E-state index is 13.0. The van der Waals surface area contributed by atoms with E-state index in [9.17, 15) is 19.5 Å². The lowest BCUT2D eigenvalue weighted by molar-refractivity contribution is -0.145. The molecule has 1 aliphatic carbocycles. The maximum absolute atomic E-state index is 13.0. The summed E-state index contributed by atoms with van der Waals surface area (Å²) in [5, 5.41) is 12.0. The summed E-state index contributed by atoms with van der Waals surface area (Å²) in [7, 11) is 0. The number of ether oxygens (including phenoxy) is 2. The molecule has 33 heavy (non-hydrogen) atoms. The second-order valence-corrected chi connectivity index (χ2v) is 8.37. The van der Waals surface area contributed by atoms with Crippen molar-refractivity contribution in [1.82, 2.24) is 10.2 Å². The van der Waals surface area contributed by atoms with Crippen molar-refractivity contribution in [2.24, 2.45) is 5.92 Å². The van der Waals surface area contributed by atoms with Crippen molar-refractivity contribution in [3.63, 3.8) is 0 Å². The van der Waals surface area contributed by atoms with E-state index in [1.165, 1.54) is 4.90 Å². The lowest BCUT2D eigenvalue weighted by Gasteiger charge is -2.31. The highest BCUT2D eigenvalue weighted by molar-refractivity contribution is 5.86. The first kappa shape index (κ1) is 22.8. The SMILES string of the molecule is CCN(C(=O)[C@@H](C)NC(=O)OCC1c2ccccc2-c2ccccc21)C1COCC1C(=O)O. The van der Waals surface area contributed by atoms with E-state index >= 15 is 0 Å². The normalized spacial score (nSPS) is 19.9. The van der Waals surface area contributed by atoms with Gasteiger partial charge in [-0.05, 0) is 36.1 Å². The molecule has 8 nitrogen and oxygen atoms in total. The van der Waals surface area contributed by atoms with Crippen LogP contribution in [0, 0.1) is 5.92 Å².